The first-order valence-corrected chi connectivity index (χ1v) is 7.15. The van der Waals surface area contributed by atoms with Crippen LogP contribution in [0.1, 0.15) is 33.3 Å². The Morgan fingerprint density at radius 2 is 2.05 bits per heavy atom. The predicted molar refractivity (Wildman–Crippen MR) is 86.1 cm³/mol. The van der Waals surface area contributed by atoms with Gasteiger partial charge in [-0.15, -0.1) is 0 Å². The summed E-state index contributed by atoms with van der Waals surface area (Å²) in [7, 11) is 1.55. The van der Waals surface area contributed by atoms with Crippen LogP contribution in [0.5, 0.6) is 11.5 Å². The minimum Gasteiger partial charge on any atom is -0.493 e. The Bertz CT molecular complexity index is 533. The topological polar surface area (TPSA) is 47.6 Å². The van der Waals surface area contributed by atoms with E-state index >= 15 is 0 Å². The first-order valence-electron chi connectivity index (χ1n) is 6.77. The van der Waals surface area contributed by atoms with E-state index in [0.717, 1.165) is 5.56 Å². The lowest BCUT2D eigenvalue weighted by molar-refractivity contribution is -0.117. The fraction of sp³-hybridized carbons (Fsp3) is 0.438. The van der Waals surface area contributed by atoms with Gasteiger partial charge in [-0.05, 0) is 51.5 Å². The van der Waals surface area contributed by atoms with Gasteiger partial charge in [0.05, 0.1) is 18.7 Å². The molecule has 0 radical (unpaired) electrons. The molecule has 0 bridgehead atoms. The molecule has 1 amide bonds. The molecule has 0 heterocycles. The summed E-state index contributed by atoms with van der Waals surface area (Å²) >= 11 is 6.17. The average Bonchev–Trinajstić information content (AvgIpc) is 2.37. The van der Waals surface area contributed by atoms with Gasteiger partial charge in [-0.1, -0.05) is 11.6 Å². The predicted octanol–water partition coefficient (Wildman–Crippen LogP) is 3.68. The molecule has 0 saturated carbocycles. The molecule has 0 saturated heterocycles. The highest BCUT2D eigenvalue weighted by atomic mass is 35.5. The summed E-state index contributed by atoms with van der Waals surface area (Å²) in [5, 5.41) is 3.30. The molecule has 0 spiro atoms. The fourth-order valence-corrected chi connectivity index (χ4v) is 1.98. The van der Waals surface area contributed by atoms with Gasteiger partial charge in [-0.25, -0.2) is 0 Å². The van der Waals surface area contributed by atoms with Crippen LogP contribution in [0.3, 0.4) is 0 Å². The molecule has 1 N–H and O–H groups in total. The molecule has 0 atom stereocenters. The lowest BCUT2D eigenvalue weighted by Crippen LogP contribution is -2.39. The van der Waals surface area contributed by atoms with Crippen LogP contribution >= 0.6 is 11.6 Å². The molecule has 0 aromatic heterocycles. The number of amides is 1. The molecule has 0 aliphatic carbocycles. The van der Waals surface area contributed by atoms with E-state index in [-0.39, 0.29) is 11.4 Å². The zero-order valence-electron chi connectivity index (χ0n) is 13.1. The van der Waals surface area contributed by atoms with Crippen LogP contribution in [0, 0.1) is 0 Å². The van der Waals surface area contributed by atoms with Gasteiger partial charge in [0, 0.05) is 11.6 Å². The van der Waals surface area contributed by atoms with Gasteiger partial charge in [0.1, 0.15) is 0 Å². The summed E-state index contributed by atoms with van der Waals surface area (Å²) in [6.07, 6.45) is 3.15. The number of hydrogen-bond acceptors (Lipinski definition) is 3. The standard InChI is InChI=1S/C16H22ClNO3/c1-6-21-15-12(17)9-11(10-13(15)20-5)7-8-14(19)18-16(2,3)4/h7-10H,6H2,1-5H3,(H,18,19)/b8-7+. The second-order valence-electron chi connectivity index (χ2n) is 5.54. The van der Waals surface area contributed by atoms with Crippen molar-refractivity contribution in [2.75, 3.05) is 13.7 Å². The van der Waals surface area contributed by atoms with Crippen LogP contribution in [0.15, 0.2) is 18.2 Å². The molecule has 5 heteroatoms. The number of hydrogen-bond donors (Lipinski definition) is 1. The van der Waals surface area contributed by atoms with Crippen LogP contribution < -0.4 is 14.8 Å². The highest BCUT2D eigenvalue weighted by Gasteiger charge is 2.12. The van der Waals surface area contributed by atoms with Crippen molar-refractivity contribution in [3.63, 3.8) is 0 Å². The molecule has 0 aliphatic heterocycles. The van der Waals surface area contributed by atoms with Crippen molar-refractivity contribution in [2.24, 2.45) is 0 Å². The Morgan fingerprint density at radius 3 is 2.57 bits per heavy atom. The van der Waals surface area contributed by atoms with E-state index in [9.17, 15) is 4.79 Å². The third-order valence-electron chi connectivity index (χ3n) is 2.47. The van der Waals surface area contributed by atoms with Crippen LogP contribution in [0.25, 0.3) is 6.08 Å². The monoisotopic (exact) mass is 311 g/mol. The van der Waals surface area contributed by atoms with Crippen LogP contribution in [0.2, 0.25) is 5.02 Å². The number of ether oxygens (including phenoxy) is 2. The van der Waals surface area contributed by atoms with Crippen molar-refractivity contribution in [2.45, 2.75) is 33.2 Å². The number of nitrogens with one attached hydrogen (secondary N) is 1. The minimum absolute atomic E-state index is 0.161. The molecule has 0 aliphatic rings. The summed E-state index contributed by atoms with van der Waals surface area (Å²) in [5.74, 6) is 0.893. The van der Waals surface area contributed by atoms with Crippen molar-refractivity contribution in [3.05, 3.63) is 28.8 Å². The second kappa shape index (κ2) is 7.36. The van der Waals surface area contributed by atoms with Gasteiger partial charge in [0.15, 0.2) is 11.5 Å². The van der Waals surface area contributed by atoms with Crippen LogP contribution in [-0.4, -0.2) is 25.2 Å². The molecule has 1 rings (SSSR count). The summed E-state index contributed by atoms with van der Waals surface area (Å²) in [6, 6.07) is 3.51. The zero-order chi connectivity index (χ0) is 16.0. The van der Waals surface area contributed by atoms with E-state index in [1.165, 1.54) is 6.08 Å². The smallest absolute Gasteiger partial charge is 0.244 e. The number of methoxy groups -OCH3 is 1. The number of carbonyl (C=O) groups is 1. The quantitative estimate of drug-likeness (QED) is 0.844. The lowest BCUT2D eigenvalue weighted by atomic mass is 10.1. The van der Waals surface area contributed by atoms with E-state index in [0.29, 0.717) is 23.1 Å². The number of rotatable bonds is 5. The van der Waals surface area contributed by atoms with Gasteiger partial charge in [-0.3, -0.25) is 4.79 Å². The summed E-state index contributed by atoms with van der Waals surface area (Å²) in [4.78, 5) is 11.8. The number of halogens is 1. The molecule has 1 aromatic carbocycles. The molecule has 0 unspecified atom stereocenters. The van der Waals surface area contributed by atoms with Crippen LogP contribution in [-0.2, 0) is 4.79 Å². The lowest BCUT2D eigenvalue weighted by Gasteiger charge is -2.19. The molecule has 21 heavy (non-hydrogen) atoms. The van der Waals surface area contributed by atoms with Crippen molar-refractivity contribution < 1.29 is 14.3 Å². The zero-order valence-corrected chi connectivity index (χ0v) is 13.9. The second-order valence-corrected chi connectivity index (χ2v) is 5.95. The summed E-state index contributed by atoms with van der Waals surface area (Å²) in [5.41, 5.74) is 0.500. The number of benzene rings is 1. The Labute approximate surface area is 131 Å². The van der Waals surface area contributed by atoms with Gasteiger partial charge >= 0.3 is 0 Å². The van der Waals surface area contributed by atoms with Crippen molar-refractivity contribution in [3.8, 4) is 11.5 Å². The first-order chi connectivity index (χ1) is 9.76. The largest absolute Gasteiger partial charge is 0.493 e. The Morgan fingerprint density at radius 1 is 1.38 bits per heavy atom. The highest BCUT2D eigenvalue weighted by Crippen LogP contribution is 2.36. The van der Waals surface area contributed by atoms with Crippen molar-refractivity contribution in [1.82, 2.24) is 5.32 Å². The number of carbonyl (C=O) groups excluding carboxylic acids is 1. The molecular formula is C16H22ClNO3. The Hall–Kier alpha value is -1.68. The van der Waals surface area contributed by atoms with Gasteiger partial charge in [-0.2, -0.15) is 0 Å². The maximum Gasteiger partial charge on any atom is 0.244 e. The summed E-state index contributed by atoms with van der Waals surface area (Å²) < 4.78 is 10.7. The summed E-state index contributed by atoms with van der Waals surface area (Å²) in [6.45, 7) is 8.15. The van der Waals surface area contributed by atoms with E-state index < -0.39 is 0 Å². The van der Waals surface area contributed by atoms with Crippen molar-refractivity contribution >= 4 is 23.6 Å². The SMILES string of the molecule is CCOc1c(Cl)cc(/C=C/C(=O)NC(C)(C)C)cc1OC. The third-order valence-corrected chi connectivity index (χ3v) is 2.75. The Kier molecular flexibility index (Phi) is 6.09. The Balaban J connectivity index is 2.94. The molecule has 0 fully saturated rings. The maximum atomic E-state index is 11.8. The molecule has 4 nitrogen and oxygen atoms in total. The van der Waals surface area contributed by atoms with E-state index in [1.54, 1.807) is 25.3 Å². The van der Waals surface area contributed by atoms with Gasteiger partial charge in [0.25, 0.3) is 0 Å². The van der Waals surface area contributed by atoms with Crippen LogP contribution in [0.4, 0.5) is 0 Å². The fourth-order valence-electron chi connectivity index (χ4n) is 1.70. The molecule has 1 aromatic rings. The molecular weight excluding hydrogens is 290 g/mol. The van der Waals surface area contributed by atoms with E-state index in [4.69, 9.17) is 21.1 Å². The van der Waals surface area contributed by atoms with Gasteiger partial charge in [0.2, 0.25) is 5.91 Å². The maximum absolute atomic E-state index is 11.8. The normalized spacial score (nSPS) is 11.5. The molecule has 116 valence electrons. The van der Waals surface area contributed by atoms with E-state index in [2.05, 4.69) is 5.32 Å². The third kappa shape index (κ3) is 5.68. The first kappa shape index (κ1) is 17.4. The van der Waals surface area contributed by atoms with E-state index in [1.807, 2.05) is 27.7 Å². The van der Waals surface area contributed by atoms with Gasteiger partial charge < -0.3 is 14.8 Å². The highest BCUT2D eigenvalue weighted by molar-refractivity contribution is 6.32. The van der Waals surface area contributed by atoms with Crippen molar-refractivity contribution in [1.29, 1.82) is 0 Å². The minimum atomic E-state index is -0.268. The average molecular weight is 312 g/mol.